The maximum Gasteiger partial charge on any atom is 0.293 e. The highest BCUT2D eigenvalue weighted by atomic mass is 32.1. The molecule has 0 bridgehead atoms. The van der Waals surface area contributed by atoms with E-state index in [1.165, 1.54) is 17.6 Å². The van der Waals surface area contributed by atoms with Gasteiger partial charge in [0.15, 0.2) is 5.76 Å². The van der Waals surface area contributed by atoms with Crippen LogP contribution >= 0.6 is 11.3 Å². The van der Waals surface area contributed by atoms with E-state index in [9.17, 15) is 4.79 Å². The highest BCUT2D eigenvalue weighted by molar-refractivity contribution is 7.15. The average Bonchev–Trinajstić information content (AvgIpc) is 2.97. The van der Waals surface area contributed by atoms with Crippen LogP contribution in [-0.4, -0.2) is 20.5 Å². The van der Waals surface area contributed by atoms with Gasteiger partial charge in [0, 0.05) is 5.38 Å². The molecule has 1 N–H and O–H groups in total. The first-order chi connectivity index (χ1) is 8.24. The van der Waals surface area contributed by atoms with Crippen LogP contribution in [0.2, 0.25) is 0 Å². The van der Waals surface area contributed by atoms with Crippen LogP contribution in [-0.2, 0) is 0 Å². The van der Waals surface area contributed by atoms with Crippen molar-refractivity contribution in [3.05, 3.63) is 35.2 Å². The van der Waals surface area contributed by atoms with Gasteiger partial charge in [-0.05, 0) is 19.1 Å². The molecule has 3 rings (SSSR count). The molecule has 0 aliphatic carbocycles. The molecular formula is C10H8N4O2S. The van der Waals surface area contributed by atoms with Crippen molar-refractivity contribution in [1.29, 1.82) is 0 Å². The summed E-state index contributed by atoms with van der Waals surface area (Å²) in [5.74, 6) is 0.159. The van der Waals surface area contributed by atoms with Gasteiger partial charge < -0.3 is 4.42 Å². The Kier molecular flexibility index (Phi) is 2.19. The largest absolute Gasteiger partial charge is 0.459 e. The first-order valence-electron chi connectivity index (χ1n) is 4.90. The van der Waals surface area contributed by atoms with E-state index >= 15 is 0 Å². The number of anilines is 1. The molecule has 0 saturated carbocycles. The van der Waals surface area contributed by atoms with Crippen LogP contribution in [0, 0.1) is 6.92 Å². The average molecular weight is 248 g/mol. The Morgan fingerprint density at radius 2 is 2.47 bits per heavy atom. The molecule has 3 heterocycles. The summed E-state index contributed by atoms with van der Waals surface area (Å²) in [6.45, 7) is 1.93. The quantitative estimate of drug-likeness (QED) is 0.752. The first kappa shape index (κ1) is 10.0. The summed E-state index contributed by atoms with van der Waals surface area (Å²) >= 11 is 1.47. The van der Waals surface area contributed by atoms with Gasteiger partial charge >= 0.3 is 0 Å². The molecule has 1 amide bonds. The highest BCUT2D eigenvalue weighted by Gasteiger charge is 2.13. The zero-order valence-corrected chi connectivity index (χ0v) is 9.69. The van der Waals surface area contributed by atoms with E-state index in [0.29, 0.717) is 0 Å². The number of furan rings is 1. The molecule has 0 spiro atoms. The molecule has 0 atom stereocenters. The normalized spacial score (nSPS) is 10.9. The lowest BCUT2D eigenvalue weighted by Gasteiger charge is -1.95. The van der Waals surface area contributed by atoms with Crippen LogP contribution in [0.1, 0.15) is 16.2 Å². The molecule has 0 saturated heterocycles. The maximum atomic E-state index is 11.7. The maximum absolute atomic E-state index is 11.7. The van der Waals surface area contributed by atoms with Gasteiger partial charge in [0.2, 0.25) is 4.96 Å². The third-order valence-corrected chi connectivity index (χ3v) is 3.15. The Morgan fingerprint density at radius 3 is 3.18 bits per heavy atom. The molecule has 7 heteroatoms. The zero-order valence-electron chi connectivity index (χ0n) is 8.88. The van der Waals surface area contributed by atoms with Crippen LogP contribution in [0.25, 0.3) is 4.96 Å². The van der Waals surface area contributed by atoms with E-state index in [2.05, 4.69) is 15.4 Å². The third kappa shape index (κ3) is 1.70. The number of nitrogens with zero attached hydrogens (tertiary/aromatic N) is 3. The molecule has 17 heavy (non-hydrogen) atoms. The van der Waals surface area contributed by atoms with Gasteiger partial charge in [-0.1, -0.05) is 0 Å². The number of carbonyl (C=O) groups excluding carboxylic acids is 1. The number of hydrogen-bond acceptors (Lipinski definition) is 5. The lowest BCUT2D eigenvalue weighted by atomic mass is 10.4. The summed E-state index contributed by atoms with van der Waals surface area (Å²) in [7, 11) is 0. The van der Waals surface area contributed by atoms with Gasteiger partial charge in [0.1, 0.15) is 0 Å². The van der Waals surface area contributed by atoms with Crippen molar-refractivity contribution in [2.24, 2.45) is 0 Å². The SMILES string of the molecule is Cc1csc2nc(NC(=O)c3ccco3)nn12. The van der Waals surface area contributed by atoms with Crippen LogP contribution in [0.3, 0.4) is 0 Å². The van der Waals surface area contributed by atoms with Crippen molar-refractivity contribution in [1.82, 2.24) is 14.6 Å². The smallest absolute Gasteiger partial charge is 0.293 e. The van der Waals surface area contributed by atoms with Crippen molar-refractivity contribution in [3.63, 3.8) is 0 Å². The van der Waals surface area contributed by atoms with Gasteiger partial charge in [-0.2, -0.15) is 4.98 Å². The number of amides is 1. The number of nitrogens with one attached hydrogen (secondary N) is 1. The number of aryl methyl sites for hydroxylation is 1. The Hall–Kier alpha value is -2.15. The Balaban J connectivity index is 1.87. The lowest BCUT2D eigenvalue weighted by molar-refractivity contribution is 0.0996. The molecule has 6 nitrogen and oxygen atoms in total. The molecule has 86 valence electrons. The topological polar surface area (TPSA) is 72.4 Å². The summed E-state index contributed by atoms with van der Waals surface area (Å²) in [4.78, 5) is 16.6. The van der Waals surface area contributed by atoms with Crippen LogP contribution < -0.4 is 5.32 Å². The third-order valence-electron chi connectivity index (χ3n) is 2.22. The van der Waals surface area contributed by atoms with Gasteiger partial charge in [-0.25, -0.2) is 4.52 Å². The molecule has 3 aromatic heterocycles. The van der Waals surface area contributed by atoms with Crippen molar-refractivity contribution in [2.75, 3.05) is 5.32 Å². The molecule has 0 aliphatic heterocycles. The number of hydrogen-bond donors (Lipinski definition) is 1. The lowest BCUT2D eigenvalue weighted by Crippen LogP contribution is -2.12. The number of thiazole rings is 1. The number of aromatic nitrogens is 3. The van der Waals surface area contributed by atoms with Crippen molar-refractivity contribution in [3.8, 4) is 0 Å². The summed E-state index contributed by atoms with van der Waals surface area (Å²) in [6, 6.07) is 3.23. The standard InChI is InChI=1S/C10H8N4O2S/c1-6-5-17-10-12-9(13-14(6)10)11-8(15)7-3-2-4-16-7/h2-5H,1H3,(H,11,13,15). The second-order valence-corrected chi connectivity index (χ2v) is 4.27. The highest BCUT2D eigenvalue weighted by Crippen LogP contribution is 2.15. The fraction of sp³-hybridized carbons (Fsp3) is 0.100. The predicted molar refractivity (Wildman–Crippen MR) is 62.3 cm³/mol. The number of rotatable bonds is 2. The van der Waals surface area contributed by atoms with Gasteiger partial charge in [-0.15, -0.1) is 16.4 Å². The van der Waals surface area contributed by atoms with E-state index in [4.69, 9.17) is 4.42 Å². The molecule has 0 fully saturated rings. The number of fused-ring (bicyclic) bond motifs is 1. The molecule has 0 aliphatic rings. The minimum absolute atomic E-state index is 0.236. The van der Waals surface area contributed by atoms with E-state index in [1.54, 1.807) is 16.6 Å². The Bertz CT molecular complexity index is 668. The fourth-order valence-corrected chi connectivity index (χ4v) is 2.22. The van der Waals surface area contributed by atoms with E-state index in [0.717, 1.165) is 10.7 Å². The Morgan fingerprint density at radius 1 is 1.59 bits per heavy atom. The Labute approximate surface area is 99.9 Å². The minimum atomic E-state index is -0.356. The predicted octanol–water partition coefficient (Wildman–Crippen LogP) is 1.94. The van der Waals surface area contributed by atoms with Gasteiger partial charge in [-0.3, -0.25) is 10.1 Å². The monoisotopic (exact) mass is 248 g/mol. The first-order valence-corrected chi connectivity index (χ1v) is 5.78. The number of carbonyl (C=O) groups is 1. The zero-order chi connectivity index (χ0) is 11.8. The van der Waals surface area contributed by atoms with Crippen LogP contribution in [0.4, 0.5) is 5.95 Å². The van der Waals surface area contributed by atoms with Crippen LogP contribution in [0.5, 0.6) is 0 Å². The molecule has 3 aromatic rings. The van der Waals surface area contributed by atoms with Gasteiger partial charge in [0.05, 0.1) is 12.0 Å². The van der Waals surface area contributed by atoms with Crippen LogP contribution in [0.15, 0.2) is 28.2 Å². The summed E-state index contributed by atoms with van der Waals surface area (Å²) in [6.07, 6.45) is 1.44. The second-order valence-electron chi connectivity index (χ2n) is 3.44. The minimum Gasteiger partial charge on any atom is -0.459 e. The molecule has 0 radical (unpaired) electrons. The molecular weight excluding hydrogens is 240 g/mol. The van der Waals surface area contributed by atoms with Crippen molar-refractivity contribution in [2.45, 2.75) is 6.92 Å². The molecule has 0 aromatic carbocycles. The molecule has 0 unspecified atom stereocenters. The van der Waals surface area contributed by atoms with Gasteiger partial charge in [0.25, 0.3) is 11.9 Å². The van der Waals surface area contributed by atoms with E-state index in [-0.39, 0.29) is 17.6 Å². The fourth-order valence-electron chi connectivity index (χ4n) is 1.42. The summed E-state index contributed by atoms with van der Waals surface area (Å²) in [5, 5.41) is 8.69. The summed E-state index contributed by atoms with van der Waals surface area (Å²) in [5.41, 5.74) is 0.982. The van der Waals surface area contributed by atoms with Crippen molar-refractivity contribution < 1.29 is 9.21 Å². The van der Waals surface area contributed by atoms with Crippen molar-refractivity contribution >= 4 is 28.2 Å². The second kappa shape index (κ2) is 3.70. The van der Waals surface area contributed by atoms with E-state index < -0.39 is 0 Å². The van der Waals surface area contributed by atoms with E-state index in [1.807, 2.05) is 12.3 Å². The summed E-state index contributed by atoms with van der Waals surface area (Å²) < 4.78 is 6.66.